The number of rotatable bonds is 2. The first-order valence-electron chi connectivity index (χ1n) is 5.10. The van der Waals surface area contributed by atoms with Crippen LogP contribution in [0.3, 0.4) is 0 Å². The summed E-state index contributed by atoms with van der Waals surface area (Å²) in [4.78, 5) is 0. The zero-order valence-corrected chi connectivity index (χ0v) is 9.69. The van der Waals surface area contributed by atoms with Gasteiger partial charge in [-0.15, -0.1) is 0 Å². The molecule has 1 aromatic carbocycles. The van der Waals surface area contributed by atoms with Crippen LogP contribution in [-0.4, -0.2) is 16.9 Å². The van der Waals surface area contributed by atoms with Gasteiger partial charge in [0.25, 0.3) is 0 Å². The molecule has 1 heterocycles. The van der Waals surface area contributed by atoms with Crippen LogP contribution in [0.4, 0.5) is 5.69 Å². The number of nitrogens with zero attached hydrogens (tertiary/aromatic N) is 2. The van der Waals surface area contributed by atoms with Crippen LogP contribution in [0.15, 0.2) is 24.3 Å². The second-order valence-electron chi connectivity index (χ2n) is 3.67. The predicted octanol–water partition coefficient (Wildman–Crippen LogP) is 2.08. The normalized spacial score (nSPS) is 10.4. The van der Waals surface area contributed by atoms with E-state index in [9.17, 15) is 0 Å². The largest absolute Gasteiger partial charge is 0.494 e. The number of benzene rings is 1. The molecule has 4 heteroatoms. The van der Waals surface area contributed by atoms with Crippen LogP contribution >= 0.6 is 0 Å². The lowest BCUT2D eigenvalue weighted by Crippen LogP contribution is -2.02. The van der Waals surface area contributed by atoms with Gasteiger partial charge in [0.05, 0.1) is 24.2 Å². The van der Waals surface area contributed by atoms with Crippen LogP contribution < -0.4 is 10.5 Å². The fourth-order valence-corrected chi connectivity index (χ4v) is 1.69. The molecule has 0 radical (unpaired) electrons. The molecule has 4 nitrogen and oxygen atoms in total. The standard InChI is InChI=1S/C12H15N3O/c1-8-12(13)9(2)15(14-8)10-6-4-5-7-11(10)16-3/h4-7H,13H2,1-3H3. The van der Waals surface area contributed by atoms with Gasteiger partial charge < -0.3 is 10.5 Å². The van der Waals surface area contributed by atoms with Crippen molar-refractivity contribution in [3.63, 3.8) is 0 Å². The quantitative estimate of drug-likeness (QED) is 0.837. The maximum absolute atomic E-state index is 5.91. The first kappa shape index (κ1) is 10.5. The smallest absolute Gasteiger partial charge is 0.144 e. The number of ether oxygens (including phenoxy) is 1. The molecular formula is C12H15N3O. The van der Waals surface area contributed by atoms with Gasteiger partial charge in [-0.1, -0.05) is 12.1 Å². The molecule has 84 valence electrons. The van der Waals surface area contributed by atoms with Gasteiger partial charge in [0, 0.05) is 0 Å². The number of hydrogen-bond acceptors (Lipinski definition) is 3. The number of hydrogen-bond donors (Lipinski definition) is 1. The summed E-state index contributed by atoms with van der Waals surface area (Å²) in [6, 6.07) is 7.74. The highest BCUT2D eigenvalue weighted by Gasteiger charge is 2.12. The molecule has 0 saturated carbocycles. The highest BCUT2D eigenvalue weighted by atomic mass is 16.5. The summed E-state index contributed by atoms with van der Waals surface area (Å²) in [7, 11) is 1.65. The molecule has 0 saturated heterocycles. The number of aryl methyl sites for hydroxylation is 1. The Labute approximate surface area is 94.6 Å². The third kappa shape index (κ3) is 1.52. The SMILES string of the molecule is COc1ccccc1-n1nc(C)c(N)c1C. The fourth-order valence-electron chi connectivity index (χ4n) is 1.69. The number of anilines is 1. The molecule has 0 atom stereocenters. The molecule has 0 unspecified atom stereocenters. The molecule has 1 aromatic heterocycles. The van der Waals surface area contributed by atoms with Crippen LogP contribution in [0.25, 0.3) is 5.69 Å². The molecule has 2 aromatic rings. The Balaban J connectivity index is 2.63. The van der Waals surface area contributed by atoms with Gasteiger partial charge in [-0.2, -0.15) is 5.10 Å². The Morgan fingerprint density at radius 3 is 2.50 bits per heavy atom. The zero-order valence-electron chi connectivity index (χ0n) is 9.69. The third-order valence-electron chi connectivity index (χ3n) is 2.66. The maximum Gasteiger partial charge on any atom is 0.144 e. The van der Waals surface area contributed by atoms with Gasteiger partial charge in [-0.05, 0) is 26.0 Å². The molecule has 0 aliphatic rings. The van der Waals surface area contributed by atoms with E-state index < -0.39 is 0 Å². The number of nitrogen functional groups attached to an aromatic ring is 1. The van der Waals surface area contributed by atoms with Crippen molar-refractivity contribution in [3.05, 3.63) is 35.7 Å². The Morgan fingerprint density at radius 2 is 1.94 bits per heavy atom. The number of para-hydroxylation sites is 2. The second-order valence-corrected chi connectivity index (χ2v) is 3.67. The molecule has 2 rings (SSSR count). The minimum atomic E-state index is 0.728. The average Bonchev–Trinajstić information content (AvgIpc) is 2.57. The molecule has 0 aliphatic heterocycles. The van der Waals surface area contributed by atoms with Crippen LogP contribution in [-0.2, 0) is 0 Å². The summed E-state index contributed by atoms with van der Waals surface area (Å²) in [5.41, 5.74) is 9.31. The van der Waals surface area contributed by atoms with Crippen molar-refractivity contribution < 1.29 is 4.74 Å². The predicted molar refractivity (Wildman–Crippen MR) is 64.0 cm³/mol. The van der Waals surface area contributed by atoms with E-state index in [0.717, 1.165) is 28.5 Å². The Hall–Kier alpha value is -1.97. The van der Waals surface area contributed by atoms with Gasteiger partial charge in [0.1, 0.15) is 11.4 Å². The minimum Gasteiger partial charge on any atom is -0.494 e. The summed E-state index contributed by atoms with van der Waals surface area (Å²) in [5, 5.41) is 4.40. The molecule has 0 bridgehead atoms. The third-order valence-corrected chi connectivity index (χ3v) is 2.66. The number of methoxy groups -OCH3 is 1. The van der Waals surface area contributed by atoms with Crippen LogP contribution in [0, 0.1) is 13.8 Å². The fraction of sp³-hybridized carbons (Fsp3) is 0.250. The second kappa shape index (κ2) is 3.89. The van der Waals surface area contributed by atoms with E-state index in [1.54, 1.807) is 7.11 Å². The van der Waals surface area contributed by atoms with E-state index in [2.05, 4.69) is 5.10 Å². The molecular weight excluding hydrogens is 202 g/mol. The van der Waals surface area contributed by atoms with Crippen LogP contribution in [0.5, 0.6) is 5.75 Å². The summed E-state index contributed by atoms with van der Waals surface area (Å²) < 4.78 is 7.11. The van der Waals surface area contributed by atoms with Crippen molar-refractivity contribution >= 4 is 5.69 Å². The highest BCUT2D eigenvalue weighted by molar-refractivity contribution is 5.54. The van der Waals surface area contributed by atoms with Crippen molar-refractivity contribution in [1.82, 2.24) is 9.78 Å². The van der Waals surface area contributed by atoms with E-state index in [0.29, 0.717) is 0 Å². The van der Waals surface area contributed by atoms with Gasteiger partial charge in [0.15, 0.2) is 0 Å². The lowest BCUT2D eigenvalue weighted by molar-refractivity contribution is 0.411. The zero-order chi connectivity index (χ0) is 11.7. The van der Waals surface area contributed by atoms with E-state index in [4.69, 9.17) is 10.5 Å². The van der Waals surface area contributed by atoms with Crippen LogP contribution in [0.1, 0.15) is 11.4 Å². The topological polar surface area (TPSA) is 53.1 Å². The highest BCUT2D eigenvalue weighted by Crippen LogP contribution is 2.26. The van der Waals surface area contributed by atoms with Gasteiger partial charge in [-0.3, -0.25) is 0 Å². The monoisotopic (exact) mass is 217 g/mol. The first-order valence-corrected chi connectivity index (χ1v) is 5.10. The summed E-state index contributed by atoms with van der Waals surface area (Å²) >= 11 is 0. The summed E-state index contributed by atoms with van der Waals surface area (Å²) in [5.74, 6) is 0.785. The minimum absolute atomic E-state index is 0.728. The van der Waals surface area contributed by atoms with Crippen molar-refractivity contribution in [2.45, 2.75) is 13.8 Å². The molecule has 16 heavy (non-hydrogen) atoms. The molecule has 0 spiro atoms. The Morgan fingerprint density at radius 1 is 1.25 bits per heavy atom. The molecule has 0 aliphatic carbocycles. The Kier molecular flexibility index (Phi) is 2.56. The van der Waals surface area contributed by atoms with E-state index in [-0.39, 0.29) is 0 Å². The van der Waals surface area contributed by atoms with E-state index >= 15 is 0 Å². The van der Waals surface area contributed by atoms with Gasteiger partial charge >= 0.3 is 0 Å². The average molecular weight is 217 g/mol. The maximum atomic E-state index is 5.91. The number of nitrogens with two attached hydrogens (primary N) is 1. The first-order chi connectivity index (χ1) is 7.65. The Bertz CT molecular complexity index is 517. The molecule has 0 fully saturated rings. The van der Waals surface area contributed by atoms with E-state index in [1.807, 2.05) is 42.8 Å². The van der Waals surface area contributed by atoms with E-state index in [1.165, 1.54) is 0 Å². The van der Waals surface area contributed by atoms with Crippen molar-refractivity contribution in [3.8, 4) is 11.4 Å². The summed E-state index contributed by atoms with van der Waals surface area (Å²) in [6.45, 7) is 3.84. The van der Waals surface area contributed by atoms with Crippen molar-refractivity contribution in [2.24, 2.45) is 0 Å². The molecule has 2 N–H and O–H groups in total. The van der Waals surface area contributed by atoms with Gasteiger partial charge in [0.2, 0.25) is 0 Å². The summed E-state index contributed by atoms with van der Waals surface area (Å²) in [6.07, 6.45) is 0. The van der Waals surface area contributed by atoms with Crippen LogP contribution in [0.2, 0.25) is 0 Å². The van der Waals surface area contributed by atoms with Crippen molar-refractivity contribution in [2.75, 3.05) is 12.8 Å². The molecule has 0 amide bonds. The lowest BCUT2D eigenvalue weighted by Gasteiger charge is -2.09. The number of aromatic nitrogens is 2. The van der Waals surface area contributed by atoms with Gasteiger partial charge in [-0.25, -0.2) is 4.68 Å². The lowest BCUT2D eigenvalue weighted by atomic mass is 10.3. The van der Waals surface area contributed by atoms with Crippen molar-refractivity contribution in [1.29, 1.82) is 0 Å².